The van der Waals surface area contributed by atoms with E-state index >= 15 is 4.79 Å². The summed E-state index contributed by atoms with van der Waals surface area (Å²) < 4.78 is 32.3. The van der Waals surface area contributed by atoms with Gasteiger partial charge in [-0.25, -0.2) is 9.36 Å². The minimum absolute atomic E-state index is 0.0323. The summed E-state index contributed by atoms with van der Waals surface area (Å²) in [6, 6.07) is 47.7. The highest BCUT2D eigenvalue weighted by molar-refractivity contribution is 7.54. The van der Waals surface area contributed by atoms with E-state index < -0.39 is 37.7 Å². The monoisotopic (exact) mass is 837 g/mol. The van der Waals surface area contributed by atoms with Crippen molar-refractivity contribution in [2.24, 2.45) is 5.73 Å². The summed E-state index contributed by atoms with van der Waals surface area (Å²) in [5.74, 6) is 0.577. The number of para-hydroxylation sites is 2. The first-order chi connectivity index (χ1) is 29.5. The number of nitrogens with one attached hydrogen (secondary N) is 1. The lowest BCUT2D eigenvalue weighted by Gasteiger charge is -2.37. The van der Waals surface area contributed by atoms with Gasteiger partial charge in [0, 0.05) is 30.3 Å². The molecule has 0 bridgehead atoms. The van der Waals surface area contributed by atoms with Crippen LogP contribution in [0.25, 0.3) is 0 Å². The molecule has 61 heavy (non-hydrogen) atoms. The molecule has 1 aliphatic carbocycles. The van der Waals surface area contributed by atoms with Gasteiger partial charge in [-0.15, -0.1) is 0 Å². The Labute approximate surface area is 355 Å². The van der Waals surface area contributed by atoms with Crippen molar-refractivity contribution in [3.05, 3.63) is 192 Å². The van der Waals surface area contributed by atoms with Crippen molar-refractivity contribution >= 4 is 25.1 Å². The number of anilines is 1. The molecule has 13 heteroatoms. The Hall–Kier alpha value is -6.59. The van der Waals surface area contributed by atoms with Crippen LogP contribution >= 0.6 is 7.60 Å². The van der Waals surface area contributed by atoms with Gasteiger partial charge in [0.1, 0.15) is 35.3 Å². The van der Waals surface area contributed by atoms with E-state index in [9.17, 15) is 14.8 Å². The Balaban J connectivity index is 1.15. The summed E-state index contributed by atoms with van der Waals surface area (Å²) in [5.41, 5.74) is 14.7. The molecule has 1 heterocycles. The molecule has 12 nitrogen and oxygen atoms in total. The molecule has 2 amide bonds. The van der Waals surface area contributed by atoms with Crippen molar-refractivity contribution in [1.29, 1.82) is 5.41 Å². The Morgan fingerprint density at radius 3 is 1.90 bits per heavy atom. The second kappa shape index (κ2) is 17.6. The largest absolute Gasteiger partial charge is 0.479 e. The molecule has 2 fully saturated rings. The zero-order chi connectivity index (χ0) is 42.6. The number of rotatable bonds is 15. The molecule has 1 aliphatic heterocycles. The number of nitrogens with zero attached hydrogens (tertiary/aromatic N) is 2. The molecular weight excluding hydrogens is 790 g/mol. The number of nitrogens with two attached hydrogens (primary N) is 2. The summed E-state index contributed by atoms with van der Waals surface area (Å²) in [5, 5.41) is 32.9. The first kappa shape index (κ1) is 41.2. The summed E-state index contributed by atoms with van der Waals surface area (Å²) in [6.45, 7) is 0.0708. The van der Waals surface area contributed by atoms with Gasteiger partial charge in [-0.05, 0) is 83.6 Å². The van der Waals surface area contributed by atoms with Crippen LogP contribution in [0.15, 0.2) is 164 Å². The molecule has 0 aromatic heterocycles. The van der Waals surface area contributed by atoms with Gasteiger partial charge in [-0.3, -0.25) is 5.41 Å². The molecule has 5 atom stereocenters. The van der Waals surface area contributed by atoms with Gasteiger partial charge in [0.2, 0.25) is 6.35 Å². The van der Waals surface area contributed by atoms with Crippen LogP contribution in [-0.2, 0) is 24.1 Å². The Morgan fingerprint density at radius 1 is 0.721 bits per heavy atom. The number of urea groups is 1. The number of hydrogen-bond donors (Lipinski definition) is 5. The molecule has 1 saturated heterocycles. The van der Waals surface area contributed by atoms with Gasteiger partial charge in [0.25, 0.3) is 0 Å². The van der Waals surface area contributed by atoms with Crippen molar-refractivity contribution in [3.8, 4) is 17.2 Å². The van der Waals surface area contributed by atoms with Crippen molar-refractivity contribution in [1.82, 2.24) is 9.80 Å². The number of carbonyl (C=O) groups is 1. The van der Waals surface area contributed by atoms with Crippen LogP contribution in [0.5, 0.6) is 17.2 Å². The van der Waals surface area contributed by atoms with Crippen LogP contribution in [0.1, 0.15) is 40.2 Å². The lowest BCUT2D eigenvalue weighted by molar-refractivity contribution is -0.0502. The molecule has 0 radical (unpaired) electrons. The normalized spacial score (nSPS) is 21.1. The minimum atomic E-state index is -3.94. The minimum Gasteiger partial charge on any atom is -0.479 e. The molecule has 6 aromatic carbocycles. The number of aliphatic hydroxyl groups excluding tert-OH is 2. The maximum absolute atomic E-state index is 15.5. The van der Waals surface area contributed by atoms with Crippen molar-refractivity contribution < 1.29 is 33.4 Å². The Bertz CT molecular complexity index is 2470. The molecule has 7 N–H and O–H groups in total. The van der Waals surface area contributed by atoms with Crippen molar-refractivity contribution in [2.45, 2.75) is 55.6 Å². The number of nitrogen functional groups attached to an aromatic ring is 2. The third-order valence-electron chi connectivity index (χ3n) is 11.4. The number of benzene rings is 6. The first-order valence-corrected chi connectivity index (χ1v) is 21.8. The lowest BCUT2D eigenvalue weighted by Crippen LogP contribution is -2.52. The molecule has 6 aromatic rings. The van der Waals surface area contributed by atoms with Crippen molar-refractivity contribution in [3.63, 3.8) is 0 Å². The molecule has 312 valence electrons. The highest BCUT2D eigenvalue weighted by Gasteiger charge is 2.68. The fourth-order valence-electron chi connectivity index (χ4n) is 8.35. The first-order valence-electron chi connectivity index (χ1n) is 20.1. The Kier molecular flexibility index (Phi) is 11.8. The van der Waals surface area contributed by atoms with E-state index in [4.69, 9.17) is 30.7 Å². The number of carbonyl (C=O) groups excluding carboxylic acids is 1. The molecule has 1 saturated carbocycles. The highest BCUT2D eigenvalue weighted by Crippen LogP contribution is 2.60. The quantitative estimate of drug-likeness (QED) is 0.0297. The second-order valence-electron chi connectivity index (χ2n) is 15.5. The topological polar surface area (TPSA) is 185 Å². The average Bonchev–Trinajstić information content (AvgIpc) is 4.04. The van der Waals surface area contributed by atoms with Crippen LogP contribution in [0.4, 0.5) is 10.5 Å². The lowest BCUT2D eigenvalue weighted by atomic mass is 9.90. The number of ether oxygens (including phenoxy) is 1. The molecule has 8 rings (SSSR count). The molecular formula is C48H48N5O7P. The number of amidine groups is 1. The average molecular weight is 838 g/mol. The zero-order valence-corrected chi connectivity index (χ0v) is 34.3. The zero-order valence-electron chi connectivity index (χ0n) is 33.4. The van der Waals surface area contributed by atoms with Crippen LogP contribution in [0, 0.1) is 5.41 Å². The predicted octanol–water partition coefficient (Wildman–Crippen LogP) is 7.94. The predicted molar refractivity (Wildman–Crippen MR) is 235 cm³/mol. The second-order valence-corrected chi connectivity index (χ2v) is 17.4. The van der Waals surface area contributed by atoms with Crippen LogP contribution in [-0.4, -0.2) is 62.0 Å². The smallest absolute Gasteiger partial charge is 0.468 e. The van der Waals surface area contributed by atoms with Gasteiger partial charge in [-0.2, -0.15) is 0 Å². The Morgan fingerprint density at radius 2 is 1.28 bits per heavy atom. The maximum atomic E-state index is 15.5. The molecule has 2 aliphatic rings. The molecule has 1 spiro atoms. The molecule has 2 unspecified atom stereocenters. The van der Waals surface area contributed by atoms with Crippen LogP contribution in [0.2, 0.25) is 0 Å². The third-order valence-corrected chi connectivity index (χ3v) is 12.9. The van der Waals surface area contributed by atoms with Gasteiger partial charge >= 0.3 is 13.6 Å². The standard InChI is InChI=1S/C48H48N5O7P/c49-42-25-24-35(27-40(42)46(50)51)30-52-43(28-33-14-5-1-6-15-33)44(54)45(55)48(29-41(48)36-17-7-2-8-18-36)53(47(52)56)31-34-16-13-23-39(26-34)58-32-61(57,59-37-19-9-3-10-20-37)60-38-21-11-4-12-22-38/h1-27,41,43-45,54-55H,28-32,49H2,(H3,50,51)/t41?,43-,44+,45-,48?/m1/s1. The van der Waals surface area contributed by atoms with Crippen molar-refractivity contribution in [2.75, 3.05) is 12.1 Å². The van der Waals surface area contributed by atoms with E-state index in [0.717, 1.165) is 11.1 Å². The van der Waals surface area contributed by atoms with E-state index in [1.54, 1.807) is 94.7 Å². The third kappa shape index (κ3) is 8.98. The van der Waals surface area contributed by atoms with Gasteiger partial charge in [-0.1, -0.05) is 115 Å². The van der Waals surface area contributed by atoms with E-state index in [-0.39, 0.29) is 37.3 Å². The van der Waals surface area contributed by atoms with Gasteiger partial charge in [0.05, 0.1) is 11.6 Å². The van der Waals surface area contributed by atoms with Gasteiger partial charge in [0.15, 0.2) is 0 Å². The number of aliphatic hydroxyl groups is 2. The van der Waals surface area contributed by atoms with Gasteiger partial charge < -0.3 is 45.3 Å². The SMILES string of the molecule is N=C(N)c1cc(CN2C(=O)N(Cc3cccc(OCP(=O)(Oc4ccccc4)Oc4ccccc4)c3)C3(CC3c3ccccc3)[C@H](O)[C@@H](O)[C@H]2Cc2ccccc2)ccc1N. The summed E-state index contributed by atoms with van der Waals surface area (Å²) >= 11 is 0. The maximum Gasteiger partial charge on any atom is 0.468 e. The van der Waals surface area contributed by atoms with Crippen LogP contribution in [0.3, 0.4) is 0 Å². The fourth-order valence-corrected chi connectivity index (χ4v) is 9.69. The number of hydrogen-bond acceptors (Lipinski definition) is 9. The van der Waals surface area contributed by atoms with E-state index in [2.05, 4.69) is 0 Å². The summed E-state index contributed by atoms with van der Waals surface area (Å²) in [6.07, 6.45) is -2.43. The number of amides is 2. The fraction of sp³-hybridized carbons (Fsp3) is 0.208. The highest BCUT2D eigenvalue weighted by atomic mass is 31.2. The van der Waals surface area contributed by atoms with E-state index in [1.165, 1.54) is 0 Å². The van der Waals surface area contributed by atoms with E-state index in [0.29, 0.717) is 46.0 Å². The van der Waals surface area contributed by atoms with E-state index in [1.807, 2.05) is 78.9 Å². The summed E-state index contributed by atoms with van der Waals surface area (Å²) in [7, 11) is -3.94. The summed E-state index contributed by atoms with van der Waals surface area (Å²) in [4.78, 5) is 18.8. The van der Waals surface area contributed by atoms with Crippen LogP contribution < -0.4 is 25.3 Å².